The van der Waals surface area contributed by atoms with Crippen molar-refractivity contribution < 1.29 is 23.4 Å². The van der Waals surface area contributed by atoms with Crippen molar-refractivity contribution in [3.63, 3.8) is 0 Å². The third kappa shape index (κ3) is 5.04. The van der Waals surface area contributed by atoms with Crippen LogP contribution >= 0.6 is 27.3 Å². The Morgan fingerprint density at radius 2 is 1.87 bits per heavy atom. The molecule has 0 aliphatic carbocycles. The normalized spacial score (nSPS) is 15.2. The molecule has 9 nitrogen and oxygen atoms in total. The Morgan fingerprint density at radius 1 is 1.18 bits per heavy atom. The van der Waals surface area contributed by atoms with Crippen LogP contribution in [-0.4, -0.2) is 44.5 Å². The summed E-state index contributed by atoms with van der Waals surface area (Å²) in [6, 6.07) is 6.43. The van der Waals surface area contributed by atoms with Gasteiger partial charge < -0.3 is 23.5 Å². The van der Waals surface area contributed by atoms with Crippen molar-refractivity contribution in [3.8, 4) is 11.5 Å². The van der Waals surface area contributed by atoms with Crippen molar-refractivity contribution in [2.45, 2.75) is 33.7 Å². The van der Waals surface area contributed by atoms with E-state index in [1.54, 1.807) is 39.2 Å². The van der Waals surface area contributed by atoms with Crippen LogP contribution in [0.3, 0.4) is 0 Å². The van der Waals surface area contributed by atoms with Crippen molar-refractivity contribution in [2.75, 3.05) is 38.8 Å². The SMILES string of the molecule is CCOC(=O)C1=C(C)N=c2sc(=Cc3ccc(N(CC)CC)o3)c(=O)n2[C@@H]1c1cc(OC)c(OC)cc1Br. The van der Waals surface area contributed by atoms with Gasteiger partial charge in [-0.1, -0.05) is 27.3 Å². The Hall–Kier alpha value is -3.31. The Balaban J connectivity index is 1.94. The Bertz CT molecular complexity index is 1560. The number of rotatable bonds is 9. The van der Waals surface area contributed by atoms with Crippen LogP contribution in [-0.2, 0) is 9.53 Å². The molecule has 1 atom stereocenters. The van der Waals surface area contributed by atoms with E-state index in [1.165, 1.54) is 23.0 Å². The van der Waals surface area contributed by atoms with E-state index in [0.29, 0.717) is 42.3 Å². The predicted octanol–water partition coefficient (Wildman–Crippen LogP) is 4.02. The molecule has 2 aromatic heterocycles. The second-order valence-electron chi connectivity index (χ2n) is 8.38. The van der Waals surface area contributed by atoms with E-state index in [1.807, 2.05) is 12.1 Å². The van der Waals surface area contributed by atoms with Gasteiger partial charge in [-0.2, -0.15) is 0 Å². The highest BCUT2D eigenvalue weighted by atomic mass is 79.9. The number of benzene rings is 1. The first-order valence-corrected chi connectivity index (χ1v) is 13.8. The first-order valence-electron chi connectivity index (χ1n) is 12.2. The minimum atomic E-state index is -0.801. The Labute approximate surface area is 232 Å². The van der Waals surface area contributed by atoms with Crippen LogP contribution in [0.15, 0.2) is 54.2 Å². The summed E-state index contributed by atoms with van der Waals surface area (Å²) in [5.74, 6) is 1.73. The number of hydrogen-bond donors (Lipinski definition) is 0. The van der Waals surface area contributed by atoms with Crippen molar-refractivity contribution in [1.29, 1.82) is 0 Å². The molecule has 0 amide bonds. The highest BCUT2D eigenvalue weighted by molar-refractivity contribution is 9.10. The third-order valence-corrected chi connectivity index (χ3v) is 7.95. The molecule has 0 N–H and O–H groups in total. The minimum Gasteiger partial charge on any atom is -0.493 e. The second-order valence-corrected chi connectivity index (χ2v) is 10.2. The lowest BCUT2D eigenvalue weighted by atomic mass is 9.95. The number of methoxy groups -OCH3 is 2. The van der Waals surface area contributed by atoms with Gasteiger partial charge in [0.05, 0.1) is 42.7 Å². The fraction of sp³-hybridized carbons (Fsp3) is 0.370. The van der Waals surface area contributed by atoms with Gasteiger partial charge in [-0.3, -0.25) is 9.36 Å². The molecule has 0 saturated heterocycles. The monoisotopic (exact) mass is 603 g/mol. The number of esters is 1. The van der Waals surface area contributed by atoms with Gasteiger partial charge in [0.15, 0.2) is 22.2 Å². The van der Waals surface area contributed by atoms with Gasteiger partial charge in [0, 0.05) is 29.7 Å². The maximum absolute atomic E-state index is 13.9. The quantitative estimate of drug-likeness (QED) is 0.341. The molecule has 0 radical (unpaired) electrons. The standard InChI is InChI=1S/C27H30BrN3O6S/c1-7-30(8-2)22-11-10-16(37-22)12-21-25(32)31-24(17-13-19(34-5)20(35-6)14-18(17)28)23(26(33)36-9-3)15(4)29-27(31)38-21/h10-14,24H,7-9H2,1-6H3/t24-/m1/s1. The van der Waals surface area contributed by atoms with E-state index in [2.05, 4.69) is 39.7 Å². The summed E-state index contributed by atoms with van der Waals surface area (Å²) in [7, 11) is 3.08. The van der Waals surface area contributed by atoms with Crippen LogP contribution in [0.2, 0.25) is 0 Å². The number of carbonyl (C=O) groups excluding carboxylic acids is 1. The predicted molar refractivity (Wildman–Crippen MR) is 150 cm³/mol. The molecule has 0 unspecified atom stereocenters. The number of aromatic nitrogens is 1. The van der Waals surface area contributed by atoms with Crippen molar-refractivity contribution in [1.82, 2.24) is 4.57 Å². The number of carbonyl (C=O) groups is 1. The largest absolute Gasteiger partial charge is 0.493 e. The van der Waals surface area contributed by atoms with E-state index < -0.39 is 12.0 Å². The summed E-state index contributed by atoms with van der Waals surface area (Å²) in [5, 5.41) is 0. The molecule has 1 aliphatic rings. The zero-order chi connectivity index (χ0) is 27.6. The summed E-state index contributed by atoms with van der Waals surface area (Å²) in [6.45, 7) is 9.39. The zero-order valence-electron chi connectivity index (χ0n) is 22.2. The average Bonchev–Trinajstić information content (AvgIpc) is 3.48. The Kier molecular flexibility index (Phi) is 8.47. The van der Waals surface area contributed by atoms with Crippen molar-refractivity contribution in [2.24, 2.45) is 4.99 Å². The summed E-state index contributed by atoms with van der Waals surface area (Å²) in [4.78, 5) is 34.2. The molecule has 3 aromatic rings. The average molecular weight is 605 g/mol. The van der Waals surface area contributed by atoms with Crippen LogP contribution in [0.25, 0.3) is 6.08 Å². The summed E-state index contributed by atoms with van der Waals surface area (Å²) < 4.78 is 24.9. The smallest absolute Gasteiger partial charge is 0.338 e. The number of allylic oxidation sites excluding steroid dienone is 1. The first-order chi connectivity index (χ1) is 18.3. The fourth-order valence-corrected chi connectivity index (χ4v) is 5.99. The van der Waals surface area contributed by atoms with Gasteiger partial charge in [-0.05, 0) is 51.5 Å². The molecule has 0 bridgehead atoms. The van der Waals surface area contributed by atoms with Gasteiger partial charge in [0.25, 0.3) is 5.56 Å². The molecule has 1 aromatic carbocycles. The molecular formula is C27H30BrN3O6S. The molecule has 0 spiro atoms. The lowest BCUT2D eigenvalue weighted by molar-refractivity contribution is -0.139. The van der Waals surface area contributed by atoms with E-state index in [0.717, 1.165) is 19.0 Å². The van der Waals surface area contributed by atoms with Crippen LogP contribution in [0.5, 0.6) is 11.5 Å². The molecule has 38 heavy (non-hydrogen) atoms. The number of furan rings is 1. The van der Waals surface area contributed by atoms with Crippen LogP contribution in [0.4, 0.5) is 5.88 Å². The highest BCUT2D eigenvalue weighted by Gasteiger charge is 2.35. The molecular weight excluding hydrogens is 574 g/mol. The minimum absolute atomic E-state index is 0.188. The van der Waals surface area contributed by atoms with Crippen molar-refractivity contribution in [3.05, 3.63) is 71.0 Å². The molecule has 1 aliphatic heterocycles. The van der Waals surface area contributed by atoms with Gasteiger partial charge in [-0.25, -0.2) is 9.79 Å². The van der Waals surface area contributed by atoms with Gasteiger partial charge in [0.1, 0.15) is 5.76 Å². The van der Waals surface area contributed by atoms with Gasteiger partial charge >= 0.3 is 5.97 Å². The number of anilines is 1. The van der Waals surface area contributed by atoms with E-state index >= 15 is 0 Å². The molecule has 3 heterocycles. The third-order valence-electron chi connectivity index (χ3n) is 6.28. The summed E-state index contributed by atoms with van der Waals surface area (Å²) in [6.07, 6.45) is 1.71. The van der Waals surface area contributed by atoms with Gasteiger partial charge in [-0.15, -0.1) is 0 Å². The van der Waals surface area contributed by atoms with E-state index in [-0.39, 0.29) is 17.7 Å². The molecule has 0 fully saturated rings. The molecule has 4 rings (SSSR count). The zero-order valence-corrected chi connectivity index (χ0v) is 24.6. The number of fused-ring (bicyclic) bond motifs is 1. The molecule has 11 heteroatoms. The maximum atomic E-state index is 13.9. The summed E-state index contributed by atoms with van der Waals surface area (Å²) >= 11 is 4.84. The number of hydrogen-bond acceptors (Lipinski definition) is 9. The topological polar surface area (TPSA) is 95.5 Å². The van der Waals surface area contributed by atoms with Crippen LogP contribution in [0.1, 0.15) is 45.1 Å². The molecule has 0 saturated carbocycles. The first kappa shape index (κ1) is 27.7. The van der Waals surface area contributed by atoms with Gasteiger partial charge in [0.2, 0.25) is 0 Å². The lowest BCUT2D eigenvalue weighted by Gasteiger charge is -2.26. The fourth-order valence-electron chi connectivity index (χ4n) is 4.42. The maximum Gasteiger partial charge on any atom is 0.338 e. The van der Waals surface area contributed by atoms with E-state index in [9.17, 15) is 9.59 Å². The van der Waals surface area contributed by atoms with Crippen LogP contribution in [0, 0.1) is 0 Å². The molecule has 202 valence electrons. The van der Waals surface area contributed by atoms with Crippen molar-refractivity contribution >= 4 is 45.2 Å². The lowest BCUT2D eigenvalue weighted by Crippen LogP contribution is -2.40. The second kappa shape index (κ2) is 11.6. The number of ether oxygens (including phenoxy) is 3. The van der Waals surface area contributed by atoms with E-state index in [4.69, 9.17) is 18.6 Å². The number of halogens is 1. The summed E-state index contributed by atoms with van der Waals surface area (Å²) in [5.41, 5.74) is 1.09. The Morgan fingerprint density at radius 3 is 2.50 bits per heavy atom. The van der Waals surface area contributed by atoms with Crippen LogP contribution < -0.4 is 29.3 Å². The number of thiazole rings is 1. The highest BCUT2D eigenvalue weighted by Crippen LogP contribution is 2.40. The number of nitrogens with zero attached hydrogens (tertiary/aromatic N) is 3.